The smallest absolute Gasteiger partial charge is 0.229 e. The Morgan fingerprint density at radius 1 is 1.22 bits per heavy atom. The molecular weight excluding hydrogens is 294 g/mol. The fourth-order valence-corrected chi connectivity index (χ4v) is 3.37. The number of rotatable bonds is 4. The van der Waals surface area contributed by atoms with Gasteiger partial charge in [-0.15, -0.1) is 0 Å². The number of hydrogen-bond donors (Lipinski definition) is 3. The molecule has 0 aromatic carbocycles. The molecule has 0 unspecified atom stereocenters. The molecule has 1 aliphatic heterocycles. The normalized spacial score (nSPS) is 18.1. The summed E-state index contributed by atoms with van der Waals surface area (Å²) in [6.45, 7) is 2.13. The molecule has 1 fully saturated rings. The van der Waals surface area contributed by atoms with Gasteiger partial charge in [-0.1, -0.05) is 18.0 Å². The minimum atomic E-state index is 0.287. The molecule has 0 spiro atoms. The average molecular weight is 315 g/mol. The van der Waals surface area contributed by atoms with E-state index in [1.54, 1.807) is 0 Å². The van der Waals surface area contributed by atoms with Gasteiger partial charge in [-0.25, -0.2) is 4.98 Å². The molecule has 23 heavy (non-hydrogen) atoms. The Balaban J connectivity index is 1.48. The van der Waals surface area contributed by atoms with Crippen LogP contribution in [0.15, 0.2) is 4.52 Å². The highest BCUT2D eigenvalue weighted by Crippen LogP contribution is 2.33. The van der Waals surface area contributed by atoms with E-state index >= 15 is 0 Å². The quantitative estimate of drug-likeness (QED) is 0.774. The van der Waals surface area contributed by atoms with Crippen LogP contribution in [0.1, 0.15) is 54.6 Å². The van der Waals surface area contributed by atoms with Crippen LogP contribution < -0.4 is 16.4 Å². The van der Waals surface area contributed by atoms with E-state index in [4.69, 9.17) is 10.3 Å². The van der Waals surface area contributed by atoms with Gasteiger partial charge in [-0.05, 0) is 25.8 Å². The third-order valence-corrected chi connectivity index (χ3v) is 4.56. The number of nitrogens with two attached hydrogens (primary N) is 1. The Kier molecular flexibility index (Phi) is 3.82. The Bertz CT molecular complexity index is 693. The second-order valence-electron chi connectivity index (χ2n) is 6.17. The summed E-state index contributed by atoms with van der Waals surface area (Å²) in [5.74, 6) is 2.93. The Hall–Kier alpha value is -2.22. The highest BCUT2D eigenvalue weighted by molar-refractivity contribution is 5.50. The van der Waals surface area contributed by atoms with Crippen molar-refractivity contribution in [2.24, 2.45) is 0 Å². The summed E-state index contributed by atoms with van der Waals surface area (Å²) < 4.78 is 5.40. The van der Waals surface area contributed by atoms with Crippen LogP contribution in [0, 0.1) is 0 Å². The van der Waals surface area contributed by atoms with Crippen molar-refractivity contribution in [3.63, 3.8) is 0 Å². The van der Waals surface area contributed by atoms with Gasteiger partial charge in [0.25, 0.3) is 0 Å². The first kappa shape index (κ1) is 14.4. The van der Waals surface area contributed by atoms with Crippen LogP contribution in [0.4, 0.5) is 11.8 Å². The summed E-state index contributed by atoms with van der Waals surface area (Å²) in [5, 5.41) is 10.7. The SMILES string of the molecule is Nc1nc2c(c(NCc3noc(C4CCCC4)n3)n1)CCNC2. The molecule has 0 saturated heterocycles. The van der Waals surface area contributed by atoms with E-state index in [0.717, 1.165) is 55.3 Å². The lowest BCUT2D eigenvalue weighted by Crippen LogP contribution is -2.26. The summed E-state index contributed by atoms with van der Waals surface area (Å²) in [6, 6.07) is 0. The van der Waals surface area contributed by atoms with E-state index in [2.05, 4.69) is 30.7 Å². The third kappa shape index (κ3) is 2.98. The van der Waals surface area contributed by atoms with Crippen molar-refractivity contribution in [1.82, 2.24) is 25.4 Å². The van der Waals surface area contributed by atoms with E-state index in [-0.39, 0.29) is 5.95 Å². The Morgan fingerprint density at radius 2 is 2.09 bits per heavy atom. The molecule has 2 aliphatic rings. The van der Waals surface area contributed by atoms with Crippen LogP contribution in [0.5, 0.6) is 0 Å². The van der Waals surface area contributed by atoms with E-state index in [1.165, 1.54) is 12.8 Å². The fraction of sp³-hybridized carbons (Fsp3) is 0.600. The Labute approximate surface area is 134 Å². The van der Waals surface area contributed by atoms with Crippen molar-refractivity contribution in [3.8, 4) is 0 Å². The van der Waals surface area contributed by atoms with Crippen molar-refractivity contribution >= 4 is 11.8 Å². The maximum Gasteiger partial charge on any atom is 0.229 e. The first-order valence-electron chi connectivity index (χ1n) is 8.22. The number of nitrogens with one attached hydrogen (secondary N) is 2. The molecule has 3 heterocycles. The van der Waals surface area contributed by atoms with E-state index in [0.29, 0.717) is 18.3 Å². The van der Waals surface area contributed by atoms with Gasteiger partial charge in [-0.2, -0.15) is 9.97 Å². The molecule has 8 heteroatoms. The molecule has 0 bridgehead atoms. The topological polar surface area (TPSA) is 115 Å². The summed E-state index contributed by atoms with van der Waals surface area (Å²) in [6.07, 6.45) is 5.69. The molecule has 1 aliphatic carbocycles. The number of nitrogens with zero attached hydrogens (tertiary/aromatic N) is 4. The van der Waals surface area contributed by atoms with Crippen LogP contribution in [0.3, 0.4) is 0 Å². The standard InChI is InChI=1S/C15H21N7O/c16-15-19-11-7-17-6-5-10(11)13(21-15)18-8-12-20-14(23-22-12)9-3-1-2-4-9/h9,17H,1-8H2,(H3,16,18,19,21). The van der Waals surface area contributed by atoms with Crippen molar-refractivity contribution < 1.29 is 4.52 Å². The van der Waals surface area contributed by atoms with Gasteiger partial charge in [0.2, 0.25) is 11.8 Å². The maximum absolute atomic E-state index is 5.80. The van der Waals surface area contributed by atoms with Gasteiger partial charge >= 0.3 is 0 Å². The first-order chi connectivity index (χ1) is 11.3. The molecule has 2 aromatic rings. The van der Waals surface area contributed by atoms with Gasteiger partial charge < -0.3 is 20.9 Å². The number of aromatic nitrogens is 4. The summed E-state index contributed by atoms with van der Waals surface area (Å²) >= 11 is 0. The van der Waals surface area contributed by atoms with Gasteiger partial charge in [0, 0.05) is 18.0 Å². The lowest BCUT2D eigenvalue weighted by atomic mass is 10.1. The molecule has 0 amide bonds. The Morgan fingerprint density at radius 3 is 2.96 bits per heavy atom. The van der Waals surface area contributed by atoms with Crippen LogP contribution >= 0.6 is 0 Å². The van der Waals surface area contributed by atoms with Gasteiger partial charge in [0.05, 0.1) is 12.2 Å². The second kappa shape index (κ2) is 6.11. The second-order valence-corrected chi connectivity index (χ2v) is 6.17. The molecule has 4 N–H and O–H groups in total. The number of hydrogen-bond acceptors (Lipinski definition) is 8. The van der Waals surface area contributed by atoms with Crippen LogP contribution in [0.2, 0.25) is 0 Å². The van der Waals surface area contributed by atoms with Gasteiger partial charge in [-0.3, -0.25) is 0 Å². The van der Waals surface area contributed by atoms with Crippen LogP contribution in [-0.4, -0.2) is 26.7 Å². The lowest BCUT2D eigenvalue weighted by Gasteiger charge is -2.19. The molecule has 0 atom stereocenters. The van der Waals surface area contributed by atoms with Crippen LogP contribution in [-0.2, 0) is 19.5 Å². The molecule has 0 radical (unpaired) electrons. The van der Waals surface area contributed by atoms with Crippen molar-refractivity contribution in [3.05, 3.63) is 23.0 Å². The molecule has 1 saturated carbocycles. The van der Waals surface area contributed by atoms with Crippen molar-refractivity contribution in [1.29, 1.82) is 0 Å². The fourth-order valence-electron chi connectivity index (χ4n) is 3.37. The molecular formula is C15H21N7O. The lowest BCUT2D eigenvalue weighted by molar-refractivity contribution is 0.350. The highest BCUT2D eigenvalue weighted by atomic mass is 16.5. The molecule has 4 rings (SSSR count). The zero-order valence-corrected chi connectivity index (χ0v) is 13.0. The van der Waals surface area contributed by atoms with E-state index < -0.39 is 0 Å². The number of nitrogen functional groups attached to an aromatic ring is 1. The molecule has 122 valence electrons. The van der Waals surface area contributed by atoms with Crippen molar-refractivity contribution in [2.45, 2.75) is 51.1 Å². The van der Waals surface area contributed by atoms with Crippen LogP contribution in [0.25, 0.3) is 0 Å². The first-order valence-corrected chi connectivity index (χ1v) is 8.22. The molecule has 8 nitrogen and oxygen atoms in total. The third-order valence-electron chi connectivity index (χ3n) is 4.56. The van der Waals surface area contributed by atoms with Gasteiger partial charge in [0.1, 0.15) is 5.82 Å². The zero-order valence-electron chi connectivity index (χ0n) is 13.0. The summed E-state index contributed by atoms with van der Waals surface area (Å²) in [7, 11) is 0. The average Bonchev–Trinajstić information content (AvgIpc) is 3.23. The predicted octanol–water partition coefficient (Wildman–Crippen LogP) is 1.36. The molecule has 2 aromatic heterocycles. The van der Waals surface area contributed by atoms with Crippen molar-refractivity contribution in [2.75, 3.05) is 17.6 Å². The van der Waals surface area contributed by atoms with E-state index in [9.17, 15) is 0 Å². The minimum Gasteiger partial charge on any atom is -0.368 e. The highest BCUT2D eigenvalue weighted by Gasteiger charge is 2.23. The largest absolute Gasteiger partial charge is 0.368 e. The zero-order chi connectivity index (χ0) is 15.6. The number of fused-ring (bicyclic) bond motifs is 1. The maximum atomic E-state index is 5.80. The minimum absolute atomic E-state index is 0.287. The number of anilines is 2. The van der Waals surface area contributed by atoms with E-state index in [1.807, 2.05) is 0 Å². The monoisotopic (exact) mass is 315 g/mol. The summed E-state index contributed by atoms with van der Waals surface area (Å²) in [5.41, 5.74) is 7.89. The van der Waals surface area contributed by atoms with Gasteiger partial charge in [0.15, 0.2) is 5.82 Å². The summed E-state index contributed by atoms with van der Waals surface area (Å²) in [4.78, 5) is 13.1. The predicted molar refractivity (Wildman–Crippen MR) is 84.7 cm³/mol.